The van der Waals surface area contributed by atoms with Crippen molar-refractivity contribution in [2.75, 3.05) is 13.3 Å². The van der Waals surface area contributed by atoms with E-state index >= 15 is 0 Å². The van der Waals surface area contributed by atoms with Gasteiger partial charge in [-0.05, 0) is 51.8 Å². The Bertz CT molecular complexity index is 786. The lowest BCUT2D eigenvalue weighted by atomic mass is 10.0. The van der Waals surface area contributed by atoms with Gasteiger partial charge in [0.15, 0.2) is 11.5 Å². The van der Waals surface area contributed by atoms with Gasteiger partial charge in [-0.15, -0.1) is 0 Å². The Hall–Kier alpha value is -2.20. The molecule has 2 atom stereocenters. The second-order valence-corrected chi connectivity index (χ2v) is 8.28. The molecule has 1 fully saturated rings. The maximum atomic E-state index is 12.8. The Morgan fingerprint density at radius 2 is 1.72 bits per heavy atom. The number of rotatable bonds is 4. The van der Waals surface area contributed by atoms with Gasteiger partial charge in [0.2, 0.25) is 6.79 Å². The molecule has 9 nitrogen and oxygen atoms in total. The van der Waals surface area contributed by atoms with E-state index in [9.17, 15) is 14.7 Å². The molecular formula is C19H25BrN2O7. The van der Waals surface area contributed by atoms with Gasteiger partial charge in [0.1, 0.15) is 0 Å². The molecular weight excluding hydrogens is 448 g/mol. The highest BCUT2D eigenvalue weighted by atomic mass is 79.9. The number of hydrazine groups is 1. The number of fused-ring (bicyclic) bond motifs is 1. The molecule has 2 amide bonds. The van der Waals surface area contributed by atoms with Crippen LogP contribution in [0.3, 0.4) is 0 Å². The van der Waals surface area contributed by atoms with E-state index in [2.05, 4.69) is 15.9 Å². The van der Waals surface area contributed by atoms with Gasteiger partial charge in [0, 0.05) is 4.47 Å². The third kappa shape index (κ3) is 4.69. The number of hydrogen-bond acceptors (Lipinski definition) is 7. The van der Waals surface area contributed by atoms with Gasteiger partial charge in [-0.1, -0.05) is 15.9 Å². The molecule has 0 unspecified atom stereocenters. The van der Waals surface area contributed by atoms with Crippen molar-refractivity contribution >= 4 is 28.1 Å². The van der Waals surface area contributed by atoms with E-state index in [1.165, 1.54) is 0 Å². The number of aliphatic hydroxyl groups excluding tert-OH is 1. The van der Waals surface area contributed by atoms with Crippen LogP contribution >= 0.6 is 15.9 Å². The summed E-state index contributed by atoms with van der Waals surface area (Å²) in [7, 11) is 0. The number of carbonyl (C=O) groups excluding carboxylic acids is 2. The summed E-state index contributed by atoms with van der Waals surface area (Å²) in [4.78, 5) is 25.3. The van der Waals surface area contributed by atoms with Crippen molar-refractivity contribution in [3.05, 3.63) is 22.2 Å². The van der Waals surface area contributed by atoms with Crippen molar-refractivity contribution in [2.45, 2.75) is 58.5 Å². The predicted octanol–water partition coefficient (Wildman–Crippen LogP) is 3.07. The largest absolute Gasteiger partial charge is 0.454 e. The van der Waals surface area contributed by atoms with E-state index in [0.717, 1.165) is 20.1 Å². The molecule has 1 aromatic carbocycles. The zero-order chi connectivity index (χ0) is 21.3. The molecule has 3 rings (SSSR count). The fourth-order valence-corrected chi connectivity index (χ4v) is 3.69. The SMILES string of the molecule is CC(C)OC(=O)N1C[C@H](O)[C@@H](Cc2cc3c(cc2Br)OCO3)N1C(=O)OC(C)C. The summed E-state index contributed by atoms with van der Waals surface area (Å²) >= 11 is 3.49. The second-order valence-electron chi connectivity index (χ2n) is 7.43. The quantitative estimate of drug-likeness (QED) is 0.718. The minimum absolute atomic E-state index is 0.0778. The molecule has 1 N–H and O–H groups in total. The number of carbonyl (C=O) groups is 2. The Morgan fingerprint density at radius 3 is 2.34 bits per heavy atom. The number of benzene rings is 1. The first-order chi connectivity index (χ1) is 13.7. The zero-order valence-electron chi connectivity index (χ0n) is 16.8. The summed E-state index contributed by atoms with van der Waals surface area (Å²) in [6.07, 6.45) is -2.92. The van der Waals surface area contributed by atoms with Crippen LogP contribution in [0, 0.1) is 0 Å². The van der Waals surface area contributed by atoms with Crippen LogP contribution in [0.15, 0.2) is 16.6 Å². The standard InChI is InChI=1S/C19H25BrN2O7/c1-10(2)28-18(24)21-8-15(23)14(22(21)19(25)29-11(3)4)5-12-6-16-17(7-13(12)20)27-9-26-16/h6-7,10-11,14-15,23H,5,8-9H2,1-4H3/t14-,15+/m1/s1. The highest BCUT2D eigenvalue weighted by Gasteiger charge is 2.46. The van der Waals surface area contributed by atoms with Crippen LogP contribution < -0.4 is 9.47 Å². The third-order valence-electron chi connectivity index (χ3n) is 4.42. The van der Waals surface area contributed by atoms with Gasteiger partial charge in [-0.2, -0.15) is 0 Å². The van der Waals surface area contributed by atoms with E-state index in [1.807, 2.05) is 0 Å². The Balaban J connectivity index is 1.88. The van der Waals surface area contributed by atoms with Crippen molar-refractivity contribution in [2.24, 2.45) is 0 Å². The van der Waals surface area contributed by atoms with Gasteiger partial charge in [0.05, 0.1) is 30.9 Å². The molecule has 1 aromatic rings. The van der Waals surface area contributed by atoms with Gasteiger partial charge in [0.25, 0.3) is 0 Å². The van der Waals surface area contributed by atoms with Gasteiger partial charge in [-0.3, -0.25) is 0 Å². The summed E-state index contributed by atoms with van der Waals surface area (Å²) in [5, 5.41) is 12.9. The van der Waals surface area contributed by atoms with Crippen LogP contribution in [0.1, 0.15) is 33.3 Å². The molecule has 10 heteroatoms. The van der Waals surface area contributed by atoms with E-state index < -0.39 is 24.3 Å². The molecule has 0 radical (unpaired) electrons. The Labute approximate surface area is 177 Å². The minimum Gasteiger partial charge on any atom is -0.454 e. The summed E-state index contributed by atoms with van der Waals surface area (Å²) in [6.45, 7) is 6.91. The fraction of sp³-hybridized carbons (Fsp3) is 0.579. The average Bonchev–Trinajstić information content (AvgIpc) is 3.18. The van der Waals surface area contributed by atoms with E-state index in [1.54, 1.807) is 39.8 Å². The highest BCUT2D eigenvalue weighted by Crippen LogP contribution is 2.38. The molecule has 0 aromatic heterocycles. The van der Waals surface area contributed by atoms with Crippen LogP contribution in [0.2, 0.25) is 0 Å². The van der Waals surface area contributed by atoms with E-state index in [-0.39, 0.29) is 32.0 Å². The van der Waals surface area contributed by atoms with Crippen LogP contribution in [0.5, 0.6) is 11.5 Å². The number of ether oxygens (including phenoxy) is 4. The lowest BCUT2D eigenvalue weighted by Crippen LogP contribution is -2.50. The maximum absolute atomic E-state index is 12.8. The number of halogens is 1. The fourth-order valence-electron chi connectivity index (χ4n) is 3.21. The lowest BCUT2D eigenvalue weighted by Gasteiger charge is -2.31. The second kappa shape index (κ2) is 8.66. The lowest BCUT2D eigenvalue weighted by molar-refractivity contribution is -0.0254. The van der Waals surface area contributed by atoms with Crippen LogP contribution in [0.4, 0.5) is 9.59 Å². The molecule has 2 aliphatic rings. The molecule has 0 spiro atoms. The molecule has 160 valence electrons. The first-order valence-electron chi connectivity index (χ1n) is 9.41. The van der Waals surface area contributed by atoms with Crippen molar-refractivity contribution < 1.29 is 33.6 Å². The van der Waals surface area contributed by atoms with Crippen LogP contribution in [-0.4, -0.2) is 65.0 Å². The molecule has 1 saturated heterocycles. The predicted molar refractivity (Wildman–Crippen MR) is 106 cm³/mol. The van der Waals surface area contributed by atoms with Gasteiger partial charge >= 0.3 is 12.2 Å². The summed E-state index contributed by atoms with van der Waals surface area (Å²) in [5.41, 5.74) is 0.791. The number of β-amino-alcohol motifs (C(OH)–C–C–N with tert-alkyl or cyclic N) is 1. The Morgan fingerprint density at radius 1 is 1.14 bits per heavy atom. The molecule has 0 saturated carbocycles. The van der Waals surface area contributed by atoms with E-state index in [4.69, 9.17) is 18.9 Å². The summed E-state index contributed by atoms with van der Waals surface area (Å²) in [6, 6.07) is 2.85. The normalized spacial score (nSPS) is 20.6. The van der Waals surface area contributed by atoms with Gasteiger partial charge < -0.3 is 24.1 Å². The van der Waals surface area contributed by atoms with E-state index in [0.29, 0.717) is 11.5 Å². The minimum atomic E-state index is -0.980. The van der Waals surface area contributed by atoms with Crippen LogP contribution in [-0.2, 0) is 15.9 Å². The number of nitrogens with zero attached hydrogens (tertiary/aromatic N) is 2. The van der Waals surface area contributed by atoms with Crippen molar-refractivity contribution in [3.63, 3.8) is 0 Å². The molecule has 2 heterocycles. The number of hydrogen-bond donors (Lipinski definition) is 1. The monoisotopic (exact) mass is 472 g/mol. The summed E-state index contributed by atoms with van der Waals surface area (Å²) < 4.78 is 22.1. The highest BCUT2D eigenvalue weighted by molar-refractivity contribution is 9.10. The van der Waals surface area contributed by atoms with Gasteiger partial charge in [-0.25, -0.2) is 19.6 Å². The number of aliphatic hydroxyl groups is 1. The summed E-state index contributed by atoms with van der Waals surface area (Å²) in [5.74, 6) is 1.20. The van der Waals surface area contributed by atoms with Crippen molar-refractivity contribution in [1.82, 2.24) is 10.0 Å². The zero-order valence-corrected chi connectivity index (χ0v) is 18.3. The number of amides is 2. The topological polar surface area (TPSA) is 97.8 Å². The maximum Gasteiger partial charge on any atom is 0.429 e. The molecule has 0 aliphatic carbocycles. The average molecular weight is 473 g/mol. The first-order valence-corrected chi connectivity index (χ1v) is 10.2. The Kier molecular flexibility index (Phi) is 6.42. The van der Waals surface area contributed by atoms with Crippen molar-refractivity contribution in [1.29, 1.82) is 0 Å². The molecule has 2 aliphatic heterocycles. The van der Waals surface area contributed by atoms with Crippen LogP contribution in [0.25, 0.3) is 0 Å². The van der Waals surface area contributed by atoms with Crippen molar-refractivity contribution in [3.8, 4) is 11.5 Å². The smallest absolute Gasteiger partial charge is 0.429 e. The molecule has 29 heavy (non-hydrogen) atoms. The first kappa shape index (κ1) is 21.5. The third-order valence-corrected chi connectivity index (χ3v) is 5.16. The molecule has 0 bridgehead atoms.